The molecule has 0 amide bonds. The van der Waals surface area contributed by atoms with Crippen LogP contribution in [-0.2, 0) is 6.42 Å². The van der Waals surface area contributed by atoms with Crippen LogP contribution in [0.15, 0.2) is 90.3 Å². The molecule has 6 rings (SSSR count). The topological polar surface area (TPSA) is 155 Å². The van der Waals surface area contributed by atoms with Crippen LogP contribution in [0.2, 0.25) is 0 Å². The fourth-order valence-corrected chi connectivity index (χ4v) is 3.80. The summed E-state index contributed by atoms with van der Waals surface area (Å²) >= 11 is 0. The zero-order valence-corrected chi connectivity index (χ0v) is 22.8. The SMILES string of the molecule is Cl.Cl.NC1Oc2ccc(C(=O)Cc3ccccn3)cc2O1.O=C(C(=NO)c1ccccn1)c1ccc2c(c1)OCO2. The Morgan fingerprint density at radius 1 is 0.829 bits per heavy atom. The van der Waals surface area contributed by atoms with Crippen LogP contribution in [0.3, 0.4) is 0 Å². The van der Waals surface area contributed by atoms with Gasteiger partial charge >= 0.3 is 0 Å². The number of Topliss-reactive ketones (excluding diaryl/α,β-unsaturated/α-hetero) is 2. The number of aromatic nitrogens is 2. The number of nitrogens with zero attached hydrogens (tertiary/aromatic N) is 3. The van der Waals surface area contributed by atoms with Crippen LogP contribution in [0.4, 0.5) is 0 Å². The summed E-state index contributed by atoms with van der Waals surface area (Å²) in [6.07, 6.45) is 2.65. The Morgan fingerprint density at radius 3 is 2.20 bits per heavy atom. The molecule has 2 aromatic heterocycles. The van der Waals surface area contributed by atoms with Crippen molar-refractivity contribution in [3.63, 3.8) is 0 Å². The van der Waals surface area contributed by atoms with Crippen molar-refractivity contribution in [2.24, 2.45) is 10.9 Å². The minimum absolute atomic E-state index is 0. The third-order valence-electron chi connectivity index (χ3n) is 5.68. The molecule has 41 heavy (non-hydrogen) atoms. The normalized spacial score (nSPS) is 14.1. The van der Waals surface area contributed by atoms with Gasteiger partial charge in [0, 0.05) is 29.2 Å². The van der Waals surface area contributed by atoms with Gasteiger partial charge in [0.25, 0.3) is 6.41 Å². The molecule has 0 fully saturated rings. The number of nitrogens with two attached hydrogens (primary N) is 1. The Balaban J connectivity index is 0.000000215. The summed E-state index contributed by atoms with van der Waals surface area (Å²) in [5.41, 5.74) is 7.31. The number of ketones is 2. The molecule has 1 unspecified atom stereocenters. The number of halogens is 2. The lowest BCUT2D eigenvalue weighted by Gasteiger charge is -2.04. The summed E-state index contributed by atoms with van der Waals surface area (Å²) in [5, 5.41) is 12.1. The van der Waals surface area contributed by atoms with Crippen LogP contribution in [0.25, 0.3) is 0 Å². The first-order valence-electron chi connectivity index (χ1n) is 11.8. The molecular formula is C28H24Cl2N4O7. The molecule has 13 heteroatoms. The average molecular weight is 599 g/mol. The van der Waals surface area contributed by atoms with Gasteiger partial charge in [-0.25, -0.2) is 0 Å². The van der Waals surface area contributed by atoms with Crippen LogP contribution in [0.5, 0.6) is 23.0 Å². The van der Waals surface area contributed by atoms with Gasteiger partial charge in [0.15, 0.2) is 34.5 Å². The molecule has 1 atom stereocenters. The molecule has 0 radical (unpaired) electrons. The molecule has 3 N–H and O–H groups in total. The first kappa shape index (κ1) is 30.8. The van der Waals surface area contributed by atoms with Crippen molar-refractivity contribution in [3.05, 3.63) is 108 Å². The molecule has 0 spiro atoms. The number of carbonyl (C=O) groups is 2. The third-order valence-corrected chi connectivity index (χ3v) is 5.68. The minimum Gasteiger partial charge on any atom is -0.454 e. The van der Waals surface area contributed by atoms with Gasteiger partial charge in [-0.3, -0.25) is 25.3 Å². The summed E-state index contributed by atoms with van der Waals surface area (Å²) in [4.78, 5) is 32.6. The summed E-state index contributed by atoms with van der Waals surface area (Å²) in [6.45, 7) is 0.133. The molecule has 4 heterocycles. The molecule has 212 valence electrons. The summed E-state index contributed by atoms with van der Waals surface area (Å²) in [5.74, 6) is 1.67. The lowest BCUT2D eigenvalue weighted by molar-refractivity contribution is 0.0561. The summed E-state index contributed by atoms with van der Waals surface area (Å²) in [7, 11) is 0. The van der Waals surface area contributed by atoms with E-state index >= 15 is 0 Å². The zero-order valence-electron chi connectivity index (χ0n) is 21.2. The second kappa shape index (κ2) is 14.1. The van der Waals surface area contributed by atoms with Gasteiger partial charge < -0.3 is 24.2 Å². The monoisotopic (exact) mass is 598 g/mol. The highest BCUT2D eigenvalue weighted by atomic mass is 35.5. The van der Waals surface area contributed by atoms with Crippen molar-refractivity contribution in [2.45, 2.75) is 12.8 Å². The Hall–Kier alpha value is -4.71. The first-order valence-corrected chi connectivity index (χ1v) is 11.8. The number of hydrogen-bond acceptors (Lipinski definition) is 11. The highest BCUT2D eigenvalue weighted by Crippen LogP contribution is 2.34. The van der Waals surface area contributed by atoms with E-state index in [-0.39, 0.29) is 49.5 Å². The third kappa shape index (κ3) is 7.28. The van der Waals surface area contributed by atoms with Crippen LogP contribution in [-0.4, -0.2) is 45.7 Å². The first-order chi connectivity index (χ1) is 19.0. The quantitative estimate of drug-likeness (QED) is 0.142. The van der Waals surface area contributed by atoms with Gasteiger partial charge in [-0.15, -0.1) is 24.8 Å². The van der Waals surface area contributed by atoms with E-state index in [1.54, 1.807) is 60.8 Å². The van der Waals surface area contributed by atoms with Crippen LogP contribution >= 0.6 is 24.8 Å². The minimum atomic E-state index is -0.795. The van der Waals surface area contributed by atoms with Crippen LogP contribution in [0.1, 0.15) is 32.1 Å². The van der Waals surface area contributed by atoms with Gasteiger partial charge in [-0.1, -0.05) is 17.3 Å². The van der Waals surface area contributed by atoms with E-state index in [9.17, 15) is 9.59 Å². The Bertz CT molecular complexity index is 1540. The van der Waals surface area contributed by atoms with Gasteiger partial charge in [-0.05, 0) is 60.7 Å². The van der Waals surface area contributed by atoms with Gasteiger partial charge in [0.05, 0.1) is 12.1 Å². The zero-order chi connectivity index (χ0) is 27.2. The van der Waals surface area contributed by atoms with E-state index in [1.807, 2.05) is 18.2 Å². The number of pyridine rings is 2. The van der Waals surface area contributed by atoms with Crippen molar-refractivity contribution in [1.82, 2.24) is 9.97 Å². The van der Waals surface area contributed by atoms with Crippen molar-refractivity contribution in [3.8, 4) is 23.0 Å². The maximum atomic E-state index is 12.3. The highest BCUT2D eigenvalue weighted by Gasteiger charge is 2.23. The van der Waals surface area contributed by atoms with E-state index in [0.717, 1.165) is 5.69 Å². The molecule has 0 saturated carbocycles. The Kier molecular flexibility index (Phi) is 10.6. The maximum Gasteiger partial charge on any atom is 0.300 e. The molecular weight excluding hydrogens is 575 g/mol. The lowest BCUT2D eigenvalue weighted by atomic mass is 10.0. The molecule has 0 aliphatic carbocycles. The molecule has 2 aromatic carbocycles. The van der Waals surface area contributed by atoms with Crippen molar-refractivity contribution >= 4 is 42.1 Å². The second-order valence-electron chi connectivity index (χ2n) is 8.25. The Morgan fingerprint density at radius 2 is 1.49 bits per heavy atom. The summed E-state index contributed by atoms with van der Waals surface area (Å²) < 4.78 is 20.8. The molecule has 11 nitrogen and oxygen atoms in total. The van der Waals surface area contributed by atoms with E-state index in [0.29, 0.717) is 39.8 Å². The molecule has 2 aliphatic rings. The van der Waals surface area contributed by atoms with Gasteiger partial charge in [-0.2, -0.15) is 0 Å². The lowest BCUT2D eigenvalue weighted by Crippen LogP contribution is -2.28. The average Bonchev–Trinajstić information content (AvgIpc) is 3.59. The number of hydrogen-bond donors (Lipinski definition) is 2. The van der Waals surface area contributed by atoms with Crippen LogP contribution < -0.4 is 24.7 Å². The number of fused-ring (bicyclic) bond motifs is 2. The van der Waals surface area contributed by atoms with Crippen LogP contribution in [0, 0.1) is 0 Å². The number of carbonyl (C=O) groups excluding carboxylic acids is 2. The van der Waals surface area contributed by atoms with Crippen molar-refractivity contribution < 1.29 is 33.7 Å². The number of benzene rings is 2. The van der Waals surface area contributed by atoms with E-state index in [2.05, 4.69) is 15.1 Å². The number of oxime groups is 1. The smallest absolute Gasteiger partial charge is 0.300 e. The standard InChI is InChI=1S/C14H10N2O4.C14H12N2O3.2ClH/c17-14(13(16-18)10-3-1-2-6-15-10)9-4-5-11-12(7-9)20-8-19-11;15-14-18-12-5-4-9(7-13(12)19-14)11(17)8-10-3-1-2-6-16-10;;/h1-7,18H,8H2;1-7,14H,8,15H2;2*1H. The number of ether oxygens (including phenoxy) is 4. The van der Waals surface area contributed by atoms with Gasteiger partial charge in [0.1, 0.15) is 0 Å². The molecule has 0 saturated heterocycles. The maximum absolute atomic E-state index is 12.3. The fourth-order valence-electron chi connectivity index (χ4n) is 3.80. The number of rotatable bonds is 6. The fraction of sp³-hybridized carbons (Fsp3) is 0.107. The predicted molar refractivity (Wildman–Crippen MR) is 152 cm³/mol. The van der Waals surface area contributed by atoms with E-state index in [1.165, 1.54) is 6.20 Å². The predicted octanol–water partition coefficient (Wildman–Crippen LogP) is 4.24. The largest absolute Gasteiger partial charge is 0.454 e. The second-order valence-corrected chi connectivity index (χ2v) is 8.25. The highest BCUT2D eigenvalue weighted by molar-refractivity contribution is 6.50. The molecule has 4 aromatic rings. The Labute approximate surface area is 246 Å². The van der Waals surface area contributed by atoms with Crippen molar-refractivity contribution in [2.75, 3.05) is 6.79 Å². The van der Waals surface area contributed by atoms with Gasteiger partial charge in [0.2, 0.25) is 12.6 Å². The van der Waals surface area contributed by atoms with Crippen molar-refractivity contribution in [1.29, 1.82) is 0 Å². The molecule has 0 bridgehead atoms. The van der Waals surface area contributed by atoms with E-state index in [4.69, 9.17) is 29.9 Å². The van der Waals surface area contributed by atoms with E-state index < -0.39 is 12.2 Å². The summed E-state index contributed by atoms with van der Waals surface area (Å²) in [6, 6.07) is 20.3. The molecule has 2 aliphatic heterocycles.